The molecule has 4 rings (SSSR count). The van der Waals surface area contributed by atoms with Crippen molar-refractivity contribution in [3.63, 3.8) is 0 Å². The van der Waals surface area contributed by atoms with Crippen LogP contribution in [0, 0.1) is 10.1 Å². The zero-order valence-electron chi connectivity index (χ0n) is 12.9. The minimum atomic E-state index is -0.459. The van der Waals surface area contributed by atoms with Crippen molar-refractivity contribution >= 4 is 23.4 Å². The minimum Gasteiger partial charge on any atom is -0.272 e. The predicted octanol–water partition coefficient (Wildman–Crippen LogP) is 3.73. The molecule has 1 aromatic heterocycles. The number of non-ortho nitro benzene ring substituents is 1. The number of carbonyl (C=O) groups is 1. The highest BCUT2D eigenvalue weighted by Gasteiger charge is 2.30. The molecule has 124 valence electrons. The zero-order chi connectivity index (χ0) is 17.4. The average Bonchev–Trinajstić information content (AvgIpc) is 3.07. The summed E-state index contributed by atoms with van der Waals surface area (Å²) in [4.78, 5) is 27.1. The molecule has 0 fully saturated rings. The topological polar surface area (TPSA) is 90.9 Å². The third-order valence-corrected chi connectivity index (χ3v) is 5.13. The molecule has 0 amide bonds. The highest BCUT2D eigenvalue weighted by molar-refractivity contribution is 7.99. The molecule has 25 heavy (non-hydrogen) atoms. The van der Waals surface area contributed by atoms with Crippen LogP contribution in [0.15, 0.2) is 59.8 Å². The van der Waals surface area contributed by atoms with Crippen LogP contribution in [-0.4, -0.2) is 25.6 Å². The molecule has 8 heteroatoms. The first-order valence-electron chi connectivity index (χ1n) is 7.58. The van der Waals surface area contributed by atoms with Gasteiger partial charge in [-0.05, 0) is 17.7 Å². The first-order chi connectivity index (χ1) is 12.1. The molecular formula is C17H12N4O3S. The summed E-state index contributed by atoms with van der Waals surface area (Å²) in [7, 11) is 0. The van der Waals surface area contributed by atoms with Crippen LogP contribution in [-0.2, 0) is 0 Å². The fourth-order valence-electron chi connectivity index (χ4n) is 2.66. The maximum atomic E-state index is 12.4. The van der Waals surface area contributed by atoms with Crippen LogP contribution in [0.5, 0.6) is 0 Å². The molecule has 0 N–H and O–H groups in total. The summed E-state index contributed by atoms with van der Waals surface area (Å²) in [5, 5.41) is 15.6. The summed E-state index contributed by atoms with van der Waals surface area (Å²) in [6.07, 6.45) is 0.352. The van der Waals surface area contributed by atoms with Crippen molar-refractivity contribution in [1.82, 2.24) is 14.8 Å². The van der Waals surface area contributed by atoms with Crippen LogP contribution in [0.25, 0.3) is 11.4 Å². The van der Waals surface area contributed by atoms with E-state index >= 15 is 0 Å². The van der Waals surface area contributed by atoms with Gasteiger partial charge >= 0.3 is 0 Å². The lowest BCUT2D eigenvalue weighted by Gasteiger charge is -2.20. The Kier molecular flexibility index (Phi) is 3.81. The lowest BCUT2D eigenvalue weighted by molar-refractivity contribution is -0.384. The second-order valence-corrected chi connectivity index (χ2v) is 6.72. The Labute approximate surface area is 146 Å². The Morgan fingerprint density at radius 3 is 2.52 bits per heavy atom. The molecule has 0 spiro atoms. The van der Waals surface area contributed by atoms with E-state index in [-0.39, 0.29) is 16.8 Å². The smallest absolute Gasteiger partial charge is 0.269 e. The van der Waals surface area contributed by atoms with E-state index in [1.54, 1.807) is 12.1 Å². The molecule has 0 unspecified atom stereocenters. The highest BCUT2D eigenvalue weighted by atomic mass is 32.2. The van der Waals surface area contributed by atoms with Gasteiger partial charge in [0.25, 0.3) is 11.6 Å². The van der Waals surface area contributed by atoms with Crippen LogP contribution in [0.3, 0.4) is 0 Å². The molecule has 0 saturated heterocycles. The van der Waals surface area contributed by atoms with Crippen LogP contribution in [0.2, 0.25) is 0 Å². The number of fused-ring (bicyclic) bond motifs is 1. The fraction of sp³-hybridized carbons (Fsp3) is 0.118. The summed E-state index contributed by atoms with van der Waals surface area (Å²) in [5.41, 5.74) is 1.71. The maximum Gasteiger partial charge on any atom is 0.269 e. The quantitative estimate of drug-likeness (QED) is 0.527. The van der Waals surface area contributed by atoms with Gasteiger partial charge < -0.3 is 0 Å². The SMILES string of the molecule is O=C1C[C@@H](c2ccccc2)Sc2nc(-c3ccc([N+](=O)[O-])cc3)nn21. The number of aromatic nitrogens is 3. The summed E-state index contributed by atoms with van der Waals surface area (Å²) >= 11 is 1.50. The predicted molar refractivity (Wildman–Crippen MR) is 92.4 cm³/mol. The van der Waals surface area contributed by atoms with Gasteiger partial charge in [0.05, 0.1) is 4.92 Å². The number of rotatable bonds is 3. The molecule has 2 heterocycles. The Hall–Kier alpha value is -3.00. The number of nitro groups is 1. The number of nitro benzene ring substituents is 1. The summed E-state index contributed by atoms with van der Waals surface area (Å²) in [6, 6.07) is 15.8. The Morgan fingerprint density at radius 2 is 1.84 bits per heavy atom. The number of hydrogen-bond donors (Lipinski definition) is 0. The van der Waals surface area contributed by atoms with Crippen LogP contribution < -0.4 is 0 Å². The van der Waals surface area contributed by atoms with E-state index in [4.69, 9.17) is 0 Å². The number of nitrogens with zero attached hydrogens (tertiary/aromatic N) is 4. The molecule has 1 atom stereocenters. The second kappa shape index (κ2) is 6.14. The van der Waals surface area contributed by atoms with Gasteiger partial charge in [-0.2, -0.15) is 4.68 Å². The van der Waals surface area contributed by atoms with Crippen molar-refractivity contribution in [2.75, 3.05) is 0 Å². The molecule has 2 aromatic carbocycles. The van der Waals surface area contributed by atoms with Gasteiger partial charge in [0.2, 0.25) is 0 Å². The molecule has 0 aliphatic carbocycles. The van der Waals surface area contributed by atoms with E-state index in [9.17, 15) is 14.9 Å². The fourth-order valence-corrected chi connectivity index (χ4v) is 3.81. The van der Waals surface area contributed by atoms with E-state index in [1.807, 2.05) is 30.3 Å². The Morgan fingerprint density at radius 1 is 1.12 bits per heavy atom. The molecular weight excluding hydrogens is 340 g/mol. The van der Waals surface area contributed by atoms with Crippen LogP contribution in [0.4, 0.5) is 5.69 Å². The van der Waals surface area contributed by atoms with Gasteiger partial charge in [0.15, 0.2) is 11.0 Å². The van der Waals surface area contributed by atoms with Crippen molar-refractivity contribution in [1.29, 1.82) is 0 Å². The maximum absolute atomic E-state index is 12.4. The zero-order valence-corrected chi connectivity index (χ0v) is 13.7. The van der Waals surface area contributed by atoms with E-state index in [1.165, 1.54) is 28.6 Å². The van der Waals surface area contributed by atoms with Crippen molar-refractivity contribution in [3.05, 3.63) is 70.3 Å². The van der Waals surface area contributed by atoms with Gasteiger partial charge in [-0.25, -0.2) is 4.98 Å². The largest absolute Gasteiger partial charge is 0.272 e. The van der Waals surface area contributed by atoms with E-state index in [2.05, 4.69) is 10.1 Å². The molecule has 0 bridgehead atoms. The second-order valence-electron chi connectivity index (χ2n) is 5.55. The van der Waals surface area contributed by atoms with Gasteiger partial charge in [-0.1, -0.05) is 42.1 Å². The number of benzene rings is 2. The van der Waals surface area contributed by atoms with Crippen molar-refractivity contribution < 1.29 is 9.72 Å². The monoisotopic (exact) mass is 352 g/mol. The number of thioether (sulfide) groups is 1. The van der Waals surface area contributed by atoms with Crippen LogP contribution >= 0.6 is 11.8 Å². The van der Waals surface area contributed by atoms with Gasteiger partial charge in [0.1, 0.15) is 0 Å². The molecule has 0 radical (unpaired) electrons. The normalized spacial score (nSPS) is 16.5. The third-order valence-electron chi connectivity index (χ3n) is 3.93. The first-order valence-corrected chi connectivity index (χ1v) is 8.46. The molecule has 1 aliphatic rings. The third kappa shape index (κ3) is 2.91. The molecule has 0 saturated carbocycles. The van der Waals surface area contributed by atoms with E-state index in [0.717, 1.165) is 5.56 Å². The van der Waals surface area contributed by atoms with Crippen molar-refractivity contribution in [3.8, 4) is 11.4 Å². The van der Waals surface area contributed by atoms with Crippen LogP contribution in [0.1, 0.15) is 22.0 Å². The average molecular weight is 352 g/mol. The Bertz CT molecular complexity index is 954. The molecule has 1 aliphatic heterocycles. The van der Waals surface area contributed by atoms with E-state index < -0.39 is 4.92 Å². The number of carbonyl (C=O) groups excluding carboxylic acids is 1. The summed E-state index contributed by atoms with van der Waals surface area (Å²) in [6.45, 7) is 0. The summed E-state index contributed by atoms with van der Waals surface area (Å²) in [5.74, 6) is 0.280. The molecule has 7 nitrogen and oxygen atoms in total. The lowest BCUT2D eigenvalue weighted by Crippen LogP contribution is -2.20. The first kappa shape index (κ1) is 15.5. The Balaban J connectivity index is 1.65. The molecule has 3 aromatic rings. The van der Waals surface area contributed by atoms with Gasteiger partial charge in [-0.3, -0.25) is 14.9 Å². The standard InChI is InChI=1S/C17H12N4O3S/c22-15-10-14(11-4-2-1-3-5-11)25-17-18-16(19-20(15)17)12-6-8-13(9-7-12)21(23)24/h1-9,14H,10H2/t14-/m0/s1. The van der Waals surface area contributed by atoms with Crippen molar-refractivity contribution in [2.24, 2.45) is 0 Å². The van der Waals surface area contributed by atoms with Crippen molar-refractivity contribution in [2.45, 2.75) is 16.8 Å². The lowest BCUT2D eigenvalue weighted by atomic mass is 10.1. The minimum absolute atomic E-state index is 0.00214. The summed E-state index contributed by atoms with van der Waals surface area (Å²) < 4.78 is 1.32. The number of hydrogen-bond acceptors (Lipinski definition) is 6. The highest BCUT2D eigenvalue weighted by Crippen LogP contribution is 2.41. The van der Waals surface area contributed by atoms with E-state index in [0.29, 0.717) is 23.0 Å². The van der Waals surface area contributed by atoms with Gasteiger partial charge in [0, 0.05) is 29.4 Å². The van der Waals surface area contributed by atoms with Gasteiger partial charge in [-0.15, -0.1) is 5.10 Å².